The molecular weight excluding hydrogens is 236 g/mol. The van der Waals surface area contributed by atoms with Crippen molar-refractivity contribution in [3.05, 3.63) is 35.4 Å². The summed E-state index contributed by atoms with van der Waals surface area (Å²) in [6.07, 6.45) is -0.00363. The summed E-state index contributed by atoms with van der Waals surface area (Å²) in [4.78, 5) is 11.5. The lowest BCUT2D eigenvalue weighted by atomic mass is 10.0. The summed E-state index contributed by atoms with van der Waals surface area (Å²) in [6, 6.07) is 6.03. The Morgan fingerprint density at radius 3 is 2.28 bits per heavy atom. The number of hydrogen-bond acceptors (Lipinski definition) is 1. The van der Waals surface area contributed by atoms with Gasteiger partial charge in [-0.1, -0.05) is 31.2 Å². The molecule has 0 heterocycles. The van der Waals surface area contributed by atoms with Crippen LogP contribution >= 0.6 is 0 Å². The highest BCUT2D eigenvalue weighted by molar-refractivity contribution is 5.78. The molecule has 0 bridgehead atoms. The second kappa shape index (κ2) is 5.94. The van der Waals surface area contributed by atoms with Gasteiger partial charge in [0, 0.05) is 18.0 Å². The van der Waals surface area contributed by atoms with Gasteiger partial charge in [0.2, 0.25) is 5.91 Å². The second-order valence-electron chi connectivity index (χ2n) is 4.65. The summed E-state index contributed by atoms with van der Waals surface area (Å²) in [7, 11) is 0. The topological polar surface area (TPSA) is 29.1 Å². The van der Waals surface area contributed by atoms with E-state index in [-0.39, 0.29) is 30.4 Å². The molecule has 0 aromatic heterocycles. The number of rotatable bonds is 5. The Hall–Kier alpha value is -1.45. The minimum Gasteiger partial charge on any atom is -0.354 e. The Balaban J connectivity index is 2.69. The Bertz CT molecular complexity index is 399. The minimum atomic E-state index is -2.79. The largest absolute Gasteiger partial charge is 0.354 e. The van der Waals surface area contributed by atoms with Crippen molar-refractivity contribution < 1.29 is 13.6 Å². The molecule has 0 saturated heterocycles. The molecule has 0 unspecified atom stereocenters. The lowest BCUT2D eigenvalue weighted by Gasteiger charge is -2.14. The van der Waals surface area contributed by atoms with Crippen LogP contribution in [0, 0.1) is 0 Å². The maximum absolute atomic E-state index is 13.4. The molecule has 0 saturated carbocycles. The lowest BCUT2D eigenvalue weighted by molar-refractivity contribution is -0.120. The van der Waals surface area contributed by atoms with Crippen molar-refractivity contribution in [1.29, 1.82) is 0 Å². The van der Waals surface area contributed by atoms with Crippen LogP contribution < -0.4 is 5.32 Å². The third-order valence-electron chi connectivity index (χ3n) is 2.63. The molecule has 1 amide bonds. The van der Waals surface area contributed by atoms with E-state index in [0.717, 1.165) is 5.56 Å². The number of carbonyl (C=O) groups is 1. The van der Waals surface area contributed by atoms with Gasteiger partial charge in [0.1, 0.15) is 0 Å². The highest BCUT2D eigenvalue weighted by atomic mass is 19.3. The van der Waals surface area contributed by atoms with Crippen LogP contribution in [0.15, 0.2) is 24.3 Å². The molecule has 18 heavy (non-hydrogen) atoms. The van der Waals surface area contributed by atoms with Crippen molar-refractivity contribution in [2.24, 2.45) is 0 Å². The van der Waals surface area contributed by atoms with Crippen molar-refractivity contribution in [3.8, 4) is 0 Å². The van der Waals surface area contributed by atoms with Crippen LogP contribution in [0.5, 0.6) is 0 Å². The molecule has 0 aliphatic rings. The van der Waals surface area contributed by atoms with Crippen LogP contribution in [0.1, 0.15) is 38.3 Å². The van der Waals surface area contributed by atoms with Gasteiger partial charge >= 0.3 is 0 Å². The summed E-state index contributed by atoms with van der Waals surface area (Å²) in [5.41, 5.74) is 0.738. The molecular formula is C14H19F2NO. The molecule has 2 nitrogen and oxygen atoms in total. The third-order valence-corrected chi connectivity index (χ3v) is 2.63. The van der Waals surface area contributed by atoms with Crippen LogP contribution in [0.3, 0.4) is 0 Å². The second-order valence-corrected chi connectivity index (χ2v) is 4.65. The zero-order valence-corrected chi connectivity index (χ0v) is 11.0. The van der Waals surface area contributed by atoms with Gasteiger partial charge in [-0.15, -0.1) is 0 Å². The monoisotopic (exact) mass is 255 g/mol. The predicted octanol–water partition coefficient (Wildman–Crippen LogP) is 3.26. The summed E-state index contributed by atoms with van der Waals surface area (Å²) in [5.74, 6) is -2.89. The van der Waals surface area contributed by atoms with Crippen LogP contribution in [0.25, 0.3) is 0 Å². The molecule has 0 fully saturated rings. The number of nitrogens with one attached hydrogen (secondary N) is 1. The van der Waals surface area contributed by atoms with E-state index in [4.69, 9.17) is 0 Å². The number of amides is 1. The molecule has 0 spiro atoms. The summed E-state index contributed by atoms with van der Waals surface area (Å²) in [6.45, 7) is 5.20. The zero-order valence-electron chi connectivity index (χ0n) is 11.0. The normalized spacial score (nSPS) is 11.7. The van der Waals surface area contributed by atoms with Crippen LogP contribution in [-0.2, 0) is 17.1 Å². The van der Waals surface area contributed by atoms with E-state index in [2.05, 4.69) is 5.32 Å². The van der Waals surface area contributed by atoms with Gasteiger partial charge in [-0.05, 0) is 19.4 Å². The Kier molecular flexibility index (Phi) is 4.82. The van der Waals surface area contributed by atoms with Crippen molar-refractivity contribution in [3.63, 3.8) is 0 Å². The van der Waals surface area contributed by atoms with Gasteiger partial charge in [0.25, 0.3) is 5.92 Å². The number of benzene rings is 1. The van der Waals surface area contributed by atoms with E-state index in [1.807, 2.05) is 13.8 Å². The molecule has 1 rings (SSSR count). The minimum absolute atomic E-state index is 0.00184. The molecule has 4 heteroatoms. The molecule has 0 aliphatic carbocycles. The van der Waals surface area contributed by atoms with Gasteiger partial charge in [0.05, 0.1) is 6.42 Å². The SMILES string of the molecule is CCC(F)(F)c1ccc(CC(=O)NC(C)C)cc1. The van der Waals surface area contributed by atoms with E-state index in [9.17, 15) is 13.6 Å². The lowest BCUT2D eigenvalue weighted by Crippen LogP contribution is -2.31. The highest BCUT2D eigenvalue weighted by Gasteiger charge is 2.28. The van der Waals surface area contributed by atoms with Gasteiger partial charge in [-0.3, -0.25) is 4.79 Å². The Morgan fingerprint density at radius 1 is 1.28 bits per heavy atom. The molecule has 1 aromatic rings. The predicted molar refractivity (Wildman–Crippen MR) is 67.6 cm³/mol. The zero-order chi connectivity index (χ0) is 13.8. The first kappa shape index (κ1) is 14.6. The average Bonchev–Trinajstić information content (AvgIpc) is 2.28. The third kappa shape index (κ3) is 4.09. The van der Waals surface area contributed by atoms with Gasteiger partial charge in [-0.25, -0.2) is 8.78 Å². The number of hydrogen-bond donors (Lipinski definition) is 1. The first-order valence-corrected chi connectivity index (χ1v) is 6.11. The molecule has 1 aromatic carbocycles. The summed E-state index contributed by atoms with van der Waals surface area (Å²) >= 11 is 0. The van der Waals surface area contributed by atoms with Crippen LogP contribution in [0.4, 0.5) is 8.78 Å². The van der Waals surface area contributed by atoms with Gasteiger partial charge < -0.3 is 5.32 Å². The molecule has 0 atom stereocenters. The first-order valence-electron chi connectivity index (χ1n) is 6.11. The maximum atomic E-state index is 13.4. The smallest absolute Gasteiger partial charge is 0.273 e. The van der Waals surface area contributed by atoms with Crippen molar-refractivity contribution in [2.45, 2.75) is 45.6 Å². The van der Waals surface area contributed by atoms with Crippen LogP contribution in [0.2, 0.25) is 0 Å². The van der Waals surface area contributed by atoms with Gasteiger partial charge in [-0.2, -0.15) is 0 Å². The summed E-state index contributed by atoms with van der Waals surface area (Å²) < 4.78 is 26.7. The number of carbonyl (C=O) groups excluding carboxylic acids is 1. The summed E-state index contributed by atoms with van der Waals surface area (Å²) in [5, 5.41) is 2.76. The molecule has 0 aliphatic heterocycles. The Morgan fingerprint density at radius 2 is 1.83 bits per heavy atom. The quantitative estimate of drug-likeness (QED) is 0.859. The molecule has 1 N–H and O–H groups in total. The van der Waals surface area contributed by atoms with Crippen molar-refractivity contribution in [2.75, 3.05) is 0 Å². The standard InChI is InChI=1S/C14H19F2NO/c1-4-14(15,16)12-7-5-11(6-8-12)9-13(18)17-10(2)3/h5-8,10H,4,9H2,1-3H3,(H,17,18). The van der Waals surface area contributed by atoms with Crippen molar-refractivity contribution in [1.82, 2.24) is 5.32 Å². The molecule has 100 valence electrons. The molecule has 0 radical (unpaired) electrons. The number of halogens is 2. The fourth-order valence-corrected chi connectivity index (χ4v) is 1.63. The van der Waals surface area contributed by atoms with E-state index in [1.165, 1.54) is 19.1 Å². The van der Waals surface area contributed by atoms with Crippen LogP contribution in [-0.4, -0.2) is 11.9 Å². The average molecular weight is 255 g/mol. The Labute approximate surface area is 106 Å². The van der Waals surface area contributed by atoms with Crippen molar-refractivity contribution >= 4 is 5.91 Å². The highest BCUT2D eigenvalue weighted by Crippen LogP contribution is 2.31. The maximum Gasteiger partial charge on any atom is 0.273 e. The van der Waals surface area contributed by atoms with E-state index in [1.54, 1.807) is 12.1 Å². The van der Waals surface area contributed by atoms with E-state index < -0.39 is 5.92 Å². The first-order chi connectivity index (χ1) is 8.35. The van der Waals surface area contributed by atoms with Gasteiger partial charge in [0.15, 0.2) is 0 Å². The fraction of sp³-hybridized carbons (Fsp3) is 0.500. The fourth-order valence-electron chi connectivity index (χ4n) is 1.63. The number of alkyl halides is 2. The van der Waals surface area contributed by atoms with E-state index >= 15 is 0 Å². The van der Waals surface area contributed by atoms with E-state index in [0.29, 0.717) is 0 Å².